The third kappa shape index (κ3) is 3.76. The van der Waals surface area contributed by atoms with Gasteiger partial charge in [-0.05, 0) is 12.1 Å². The summed E-state index contributed by atoms with van der Waals surface area (Å²) in [5, 5.41) is 16.5. The topological polar surface area (TPSA) is 124 Å². The lowest BCUT2D eigenvalue weighted by atomic mass is 10.1. The Morgan fingerprint density at radius 3 is 2.68 bits per heavy atom. The van der Waals surface area contributed by atoms with Crippen molar-refractivity contribution in [3.8, 4) is 5.75 Å². The van der Waals surface area contributed by atoms with Crippen molar-refractivity contribution in [3.63, 3.8) is 0 Å². The Bertz CT molecular complexity index is 995. The van der Waals surface area contributed by atoms with E-state index >= 15 is 0 Å². The third-order valence-corrected chi connectivity index (χ3v) is 3.86. The van der Waals surface area contributed by atoms with E-state index in [-0.39, 0.29) is 22.2 Å². The zero-order valence-corrected chi connectivity index (χ0v) is 15.4. The average Bonchev–Trinajstić information content (AvgIpc) is 3.08. The summed E-state index contributed by atoms with van der Waals surface area (Å²) in [6.07, 6.45) is 2.11. The Morgan fingerprint density at radius 2 is 2.11 bits per heavy atom. The lowest BCUT2D eigenvalue weighted by Gasteiger charge is -2.18. The first kappa shape index (κ1) is 19.2. The van der Waals surface area contributed by atoms with Gasteiger partial charge in [-0.2, -0.15) is 5.01 Å². The van der Waals surface area contributed by atoms with Gasteiger partial charge in [-0.3, -0.25) is 24.7 Å². The molecule has 1 aromatic heterocycles. The minimum absolute atomic E-state index is 0.00287. The maximum Gasteiger partial charge on any atom is 0.314 e. The molecule has 0 aliphatic carbocycles. The molecule has 0 N–H and O–H groups in total. The fourth-order valence-electron chi connectivity index (χ4n) is 2.54. The maximum atomic E-state index is 12.0. The molecule has 1 aliphatic heterocycles. The van der Waals surface area contributed by atoms with Crippen molar-refractivity contribution in [3.05, 3.63) is 62.9 Å². The van der Waals surface area contributed by atoms with E-state index in [9.17, 15) is 19.7 Å². The predicted octanol–water partition coefficient (Wildman–Crippen LogP) is 2.81. The van der Waals surface area contributed by atoms with E-state index in [1.165, 1.54) is 19.2 Å². The van der Waals surface area contributed by atoms with Crippen LogP contribution in [0.15, 0.2) is 41.8 Å². The molecule has 1 aromatic carbocycles. The second kappa shape index (κ2) is 7.61. The van der Waals surface area contributed by atoms with Gasteiger partial charge >= 0.3 is 11.7 Å². The summed E-state index contributed by atoms with van der Waals surface area (Å²) in [7, 11) is 0. The average molecular weight is 405 g/mol. The first-order valence-corrected chi connectivity index (χ1v) is 8.27. The third-order valence-electron chi connectivity index (χ3n) is 3.64. The van der Waals surface area contributed by atoms with Gasteiger partial charge in [0, 0.05) is 42.9 Å². The van der Waals surface area contributed by atoms with Gasteiger partial charge < -0.3 is 9.47 Å². The second-order valence-corrected chi connectivity index (χ2v) is 6.11. The molecule has 1 amide bonds. The molecular formula is C17H13ClN4O6. The Labute approximate surface area is 163 Å². The number of nitrogens with zero attached hydrogens (tertiary/aromatic N) is 4. The number of benzene rings is 1. The number of rotatable bonds is 4. The molecule has 0 radical (unpaired) electrons. The van der Waals surface area contributed by atoms with Crippen LogP contribution in [0.2, 0.25) is 5.02 Å². The smallest absolute Gasteiger partial charge is 0.314 e. The number of hydrogen-bond donors (Lipinski definition) is 0. The lowest BCUT2D eigenvalue weighted by Crippen LogP contribution is -2.25. The highest BCUT2D eigenvalue weighted by molar-refractivity contribution is 6.31. The molecule has 0 spiro atoms. The molecule has 2 aromatic rings. The number of halogens is 1. The van der Waals surface area contributed by atoms with E-state index in [0.717, 1.165) is 18.0 Å². The number of pyridine rings is 1. The summed E-state index contributed by atoms with van der Waals surface area (Å²) in [5.74, 6) is -1.76. The van der Waals surface area contributed by atoms with Gasteiger partial charge in [0.1, 0.15) is 0 Å². The van der Waals surface area contributed by atoms with Crippen molar-refractivity contribution in [2.45, 2.75) is 20.1 Å². The first-order valence-electron chi connectivity index (χ1n) is 7.89. The van der Waals surface area contributed by atoms with Crippen molar-refractivity contribution in [1.82, 2.24) is 9.99 Å². The predicted molar refractivity (Wildman–Crippen MR) is 96.5 cm³/mol. The molecule has 1 atom stereocenters. The number of ether oxygens (including phenoxy) is 2. The van der Waals surface area contributed by atoms with Crippen LogP contribution < -0.4 is 4.74 Å². The molecule has 0 unspecified atom stereocenters. The highest BCUT2D eigenvalue weighted by Crippen LogP contribution is 2.38. The summed E-state index contributed by atoms with van der Waals surface area (Å²) in [4.78, 5) is 38.1. The number of aromatic nitrogens is 1. The summed E-state index contributed by atoms with van der Waals surface area (Å²) < 4.78 is 10.8. The summed E-state index contributed by atoms with van der Waals surface area (Å²) in [6.45, 7) is 2.38. The molecule has 28 heavy (non-hydrogen) atoms. The minimum Gasteiger partial charge on any atom is -0.446 e. The van der Waals surface area contributed by atoms with Gasteiger partial charge in [0.15, 0.2) is 0 Å². The quantitative estimate of drug-likeness (QED) is 0.332. The largest absolute Gasteiger partial charge is 0.446 e. The van der Waals surface area contributed by atoms with Gasteiger partial charge in [-0.15, -0.1) is 5.10 Å². The van der Waals surface area contributed by atoms with Gasteiger partial charge in [-0.25, -0.2) is 0 Å². The lowest BCUT2D eigenvalue weighted by molar-refractivity contribution is -0.385. The van der Waals surface area contributed by atoms with Crippen LogP contribution in [0.25, 0.3) is 0 Å². The zero-order valence-electron chi connectivity index (χ0n) is 14.7. The van der Waals surface area contributed by atoms with Gasteiger partial charge in [0.25, 0.3) is 0 Å². The Kier molecular flexibility index (Phi) is 5.23. The zero-order chi connectivity index (χ0) is 20.4. The van der Waals surface area contributed by atoms with Crippen molar-refractivity contribution in [2.75, 3.05) is 0 Å². The molecule has 10 nitrogen and oxygen atoms in total. The highest BCUT2D eigenvalue weighted by atomic mass is 35.5. The second-order valence-electron chi connectivity index (χ2n) is 5.68. The summed E-state index contributed by atoms with van der Waals surface area (Å²) in [5.41, 5.74) is -0.0442. The molecule has 1 aliphatic rings. The van der Waals surface area contributed by atoms with Crippen LogP contribution in [0.5, 0.6) is 5.75 Å². The van der Waals surface area contributed by atoms with Gasteiger partial charge in [-0.1, -0.05) is 17.7 Å². The van der Waals surface area contributed by atoms with E-state index in [1.54, 1.807) is 18.3 Å². The SMILES string of the molecule is CC(=O)Oc1c(C2=NN(C(C)=O)[C@H](c3cccnc3)O2)cc(Cl)cc1[N+](=O)[O-]. The van der Waals surface area contributed by atoms with Gasteiger partial charge in [0.05, 0.1) is 10.5 Å². The number of nitro groups is 1. The number of hydrogen-bond acceptors (Lipinski definition) is 8. The number of nitro benzene ring substituents is 1. The monoisotopic (exact) mass is 404 g/mol. The summed E-state index contributed by atoms with van der Waals surface area (Å²) in [6, 6.07) is 5.68. The van der Waals surface area contributed by atoms with Crippen LogP contribution >= 0.6 is 11.6 Å². The molecule has 144 valence electrons. The Balaban J connectivity index is 2.12. The number of amides is 1. The minimum atomic E-state index is -0.940. The van der Waals surface area contributed by atoms with Crippen LogP contribution in [0.3, 0.4) is 0 Å². The molecule has 0 saturated carbocycles. The molecule has 0 fully saturated rings. The van der Waals surface area contributed by atoms with E-state index in [4.69, 9.17) is 21.1 Å². The number of hydrazone groups is 1. The van der Waals surface area contributed by atoms with Gasteiger partial charge in [0.2, 0.25) is 23.8 Å². The Morgan fingerprint density at radius 1 is 1.36 bits per heavy atom. The normalized spacial score (nSPS) is 15.6. The highest BCUT2D eigenvalue weighted by Gasteiger charge is 2.36. The van der Waals surface area contributed by atoms with Crippen LogP contribution in [0, 0.1) is 10.1 Å². The van der Waals surface area contributed by atoms with E-state index < -0.39 is 28.7 Å². The fourth-order valence-corrected chi connectivity index (χ4v) is 2.75. The maximum absolute atomic E-state index is 12.0. The molecule has 0 bridgehead atoms. The molecule has 0 saturated heterocycles. The molecule has 2 heterocycles. The van der Waals surface area contributed by atoms with Crippen LogP contribution in [0.1, 0.15) is 31.2 Å². The number of carbonyl (C=O) groups excluding carboxylic acids is 2. The Hall–Kier alpha value is -3.53. The standard InChI is InChI=1S/C17H13ClN4O6/c1-9(23)21-17(11-4-3-5-19-8-11)28-16(20-21)13-6-12(18)7-14(22(25)26)15(13)27-10(2)24/h3-8,17H,1-2H3/t17-/m0/s1. The van der Waals surface area contributed by atoms with Crippen molar-refractivity contribution < 1.29 is 24.0 Å². The molecule has 11 heteroatoms. The molecular weight excluding hydrogens is 392 g/mol. The number of carbonyl (C=O) groups is 2. The van der Waals surface area contributed by atoms with Crippen molar-refractivity contribution in [1.29, 1.82) is 0 Å². The van der Waals surface area contributed by atoms with E-state index in [1.807, 2.05) is 0 Å². The molecule has 3 rings (SSSR count). The van der Waals surface area contributed by atoms with Crippen LogP contribution in [-0.2, 0) is 14.3 Å². The first-order chi connectivity index (χ1) is 13.3. The van der Waals surface area contributed by atoms with Crippen molar-refractivity contribution >= 4 is 35.1 Å². The number of esters is 1. The van der Waals surface area contributed by atoms with Crippen molar-refractivity contribution in [2.24, 2.45) is 5.10 Å². The van der Waals surface area contributed by atoms with Crippen LogP contribution in [0.4, 0.5) is 5.69 Å². The summed E-state index contributed by atoms with van der Waals surface area (Å²) >= 11 is 5.99. The van der Waals surface area contributed by atoms with Crippen LogP contribution in [-0.4, -0.2) is 32.7 Å². The fraction of sp³-hybridized carbons (Fsp3) is 0.176. The van der Waals surface area contributed by atoms with E-state index in [2.05, 4.69) is 10.1 Å². The van der Waals surface area contributed by atoms with E-state index in [0.29, 0.717) is 5.56 Å².